The Morgan fingerprint density at radius 2 is 1.75 bits per heavy atom. The lowest BCUT2D eigenvalue weighted by Gasteiger charge is -2.32. The molecule has 2 unspecified atom stereocenters. The van der Waals surface area contributed by atoms with Crippen molar-refractivity contribution in [2.24, 2.45) is 11.5 Å². The third-order valence-corrected chi connectivity index (χ3v) is 6.37. The van der Waals surface area contributed by atoms with Crippen LogP contribution in [0.25, 0.3) is 0 Å². The number of carbonyl (C=O) groups is 1. The second kappa shape index (κ2) is 11.7. The Hall–Kier alpha value is -2.77. The molecule has 1 aliphatic rings. The lowest BCUT2D eigenvalue weighted by atomic mass is 9.76. The van der Waals surface area contributed by atoms with Crippen LogP contribution in [0.3, 0.4) is 0 Å². The summed E-state index contributed by atoms with van der Waals surface area (Å²) in [5, 5.41) is 26.0. The first-order valence-electron chi connectivity index (χ1n) is 11.6. The first kappa shape index (κ1) is 23.9. The summed E-state index contributed by atoms with van der Waals surface area (Å²) in [6.45, 7) is 1.92. The minimum atomic E-state index is -0.551. The molecule has 0 heterocycles. The lowest BCUT2D eigenvalue weighted by molar-refractivity contribution is 0.259. The molecule has 0 fully saturated rings. The van der Waals surface area contributed by atoms with Gasteiger partial charge in [0.05, 0.1) is 0 Å². The number of rotatable bonds is 11. The number of benzene rings is 2. The number of primary amides is 1. The molecule has 0 aliphatic heterocycles. The first-order chi connectivity index (χ1) is 15.5. The molecule has 2 aromatic rings. The summed E-state index contributed by atoms with van der Waals surface area (Å²) < 4.78 is 0. The predicted octanol–water partition coefficient (Wildman–Crippen LogP) is 3.73. The normalized spacial score (nSPS) is 17.7. The maximum Gasteiger partial charge on any atom is 0.316 e. The van der Waals surface area contributed by atoms with E-state index < -0.39 is 6.03 Å². The van der Waals surface area contributed by atoms with Crippen molar-refractivity contribution in [1.29, 1.82) is 0 Å². The minimum Gasteiger partial charge on any atom is -0.504 e. The van der Waals surface area contributed by atoms with Crippen molar-refractivity contribution in [3.05, 3.63) is 53.1 Å². The second-order valence-electron chi connectivity index (χ2n) is 8.70. The molecule has 0 radical (unpaired) electrons. The van der Waals surface area contributed by atoms with Gasteiger partial charge in [-0.05, 0) is 80.4 Å². The Morgan fingerprint density at radius 1 is 1.00 bits per heavy atom. The Bertz CT molecular complexity index is 886. The van der Waals surface area contributed by atoms with E-state index in [0.29, 0.717) is 5.69 Å². The van der Waals surface area contributed by atoms with Gasteiger partial charge >= 0.3 is 6.03 Å². The monoisotopic (exact) mass is 440 g/mol. The number of fused-ring (bicyclic) bond motifs is 1. The molecule has 8 N–H and O–H groups in total. The van der Waals surface area contributed by atoms with E-state index in [1.807, 2.05) is 30.3 Å². The van der Waals surface area contributed by atoms with Crippen LogP contribution in [0.5, 0.6) is 11.5 Å². The highest BCUT2D eigenvalue weighted by Crippen LogP contribution is 2.42. The minimum absolute atomic E-state index is 0.0312. The molecule has 32 heavy (non-hydrogen) atoms. The fourth-order valence-electron chi connectivity index (χ4n) is 4.58. The number of amides is 2. The van der Waals surface area contributed by atoms with Gasteiger partial charge < -0.3 is 32.3 Å². The van der Waals surface area contributed by atoms with Crippen molar-refractivity contribution in [2.75, 3.05) is 18.4 Å². The van der Waals surface area contributed by atoms with Gasteiger partial charge in [-0.25, -0.2) is 4.79 Å². The van der Waals surface area contributed by atoms with Crippen LogP contribution in [0.4, 0.5) is 10.5 Å². The quantitative estimate of drug-likeness (QED) is 0.234. The van der Waals surface area contributed by atoms with E-state index in [4.69, 9.17) is 11.5 Å². The number of hydrogen-bond acceptors (Lipinski definition) is 5. The van der Waals surface area contributed by atoms with Gasteiger partial charge in [-0.1, -0.05) is 37.5 Å². The zero-order valence-electron chi connectivity index (χ0n) is 18.6. The van der Waals surface area contributed by atoms with Crippen LogP contribution < -0.4 is 22.1 Å². The summed E-state index contributed by atoms with van der Waals surface area (Å²) in [6.07, 6.45) is 8.14. The maximum atomic E-state index is 10.8. The molecular weight excluding hydrogens is 404 g/mol. The SMILES string of the molecule is NC(=O)Nc1ccc(CCNCCCCCCC2c3ccc(O)c(O)c3CCC2N)cc1. The molecule has 2 amide bonds. The number of phenols is 2. The molecule has 3 rings (SSSR count). The molecule has 0 aromatic heterocycles. The van der Waals surface area contributed by atoms with Crippen LogP contribution in [-0.4, -0.2) is 35.4 Å². The van der Waals surface area contributed by atoms with E-state index in [1.54, 1.807) is 6.07 Å². The molecule has 0 saturated carbocycles. The third-order valence-electron chi connectivity index (χ3n) is 6.37. The number of hydrogen-bond donors (Lipinski definition) is 6. The van der Waals surface area contributed by atoms with E-state index in [1.165, 1.54) is 18.4 Å². The van der Waals surface area contributed by atoms with Gasteiger partial charge in [-0.15, -0.1) is 0 Å². The van der Waals surface area contributed by atoms with Gasteiger partial charge in [0.15, 0.2) is 11.5 Å². The van der Waals surface area contributed by atoms with Crippen LogP contribution in [0, 0.1) is 0 Å². The van der Waals surface area contributed by atoms with Crippen molar-refractivity contribution in [3.63, 3.8) is 0 Å². The number of nitrogens with one attached hydrogen (secondary N) is 2. The molecule has 7 heteroatoms. The lowest BCUT2D eigenvalue weighted by Crippen LogP contribution is -2.33. The smallest absolute Gasteiger partial charge is 0.316 e. The molecule has 7 nitrogen and oxygen atoms in total. The van der Waals surface area contributed by atoms with Crippen molar-refractivity contribution in [2.45, 2.75) is 63.3 Å². The summed E-state index contributed by atoms with van der Waals surface area (Å²) in [6, 6.07) is 10.8. The van der Waals surface area contributed by atoms with Crippen LogP contribution >= 0.6 is 0 Å². The predicted molar refractivity (Wildman–Crippen MR) is 128 cm³/mol. The van der Waals surface area contributed by atoms with Crippen LogP contribution in [0.15, 0.2) is 36.4 Å². The highest BCUT2D eigenvalue weighted by atomic mass is 16.3. The summed E-state index contributed by atoms with van der Waals surface area (Å²) >= 11 is 0. The Labute approximate surface area is 190 Å². The molecule has 2 aromatic carbocycles. The maximum absolute atomic E-state index is 10.8. The van der Waals surface area contributed by atoms with Gasteiger partial charge in [-0.3, -0.25) is 0 Å². The van der Waals surface area contributed by atoms with E-state index in [-0.39, 0.29) is 23.5 Å². The molecule has 0 spiro atoms. The fraction of sp³-hybridized carbons (Fsp3) is 0.480. The number of anilines is 1. The average Bonchev–Trinajstić information content (AvgIpc) is 2.77. The highest BCUT2D eigenvalue weighted by Gasteiger charge is 2.29. The number of nitrogens with two attached hydrogens (primary N) is 2. The first-order valence-corrected chi connectivity index (χ1v) is 11.6. The fourth-order valence-corrected chi connectivity index (χ4v) is 4.58. The number of unbranched alkanes of at least 4 members (excludes halogenated alkanes) is 3. The van der Waals surface area contributed by atoms with E-state index >= 15 is 0 Å². The van der Waals surface area contributed by atoms with Gasteiger partial charge in [0.25, 0.3) is 0 Å². The van der Waals surface area contributed by atoms with Crippen molar-refractivity contribution in [1.82, 2.24) is 5.32 Å². The largest absolute Gasteiger partial charge is 0.504 e. The van der Waals surface area contributed by atoms with Crippen molar-refractivity contribution < 1.29 is 15.0 Å². The van der Waals surface area contributed by atoms with Crippen molar-refractivity contribution >= 4 is 11.7 Å². The average molecular weight is 441 g/mol. The van der Waals surface area contributed by atoms with Gasteiger partial charge in [-0.2, -0.15) is 0 Å². The summed E-state index contributed by atoms with van der Waals surface area (Å²) in [4.78, 5) is 10.8. The number of carbonyl (C=O) groups excluding carboxylic acids is 1. The zero-order chi connectivity index (χ0) is 22.9. The number of aromatic hydroxyl groups is 2. The highest BCUT2D eigenvalue weighted by molar-refractivity contribution is 5.87. The molecular formula is C25H36N4O3. The van der Waals surface area contributed by atoms with Crippen LogP contribution in [0.2, 0.25) is 0 Å². The van der Waals surface area contributed by atoms with Crippen LogP contribution in [-0.2, 0) is 12.8 Å². The second-order valence-corrected chi connectivity index (χ2v) is 8.70. The topological polar surface area (TPSA) is 134 Å². The van der Waals surface area contributed by atoms with Gasteiger partial charge in [0.2, 0.25) is 0 Å². The molecule has 1 aliphatic carbocycles. The molecule has 174 valence electrons. The van der Waals surface area contributed by atoms with E-state index in [9.17, 15) is 15.0 Å². The number of urea groups is 1. The Kier molecular flexibility index (Phi) is 8.76. The molecule has 2 atom stereocenters. The summed E-state index contributed by atoms with van der Waals surface area (Å²) in [5.41, 5.74) is 15.4. The summed E-state index contributed by atoms with van der Waals surface area (Å²) in [5.74, 6) is 0.249. The van der Waals surface area contributed by atoms with Gasteiger partial charge in [0, 0.05) is 17.3 Å². The Morgan fingerprint density at radius 3 is 2.50 bits per heavy atom. The third kappa shape index (κ3) is 6.61. The van der Waals surface area contributed by atoms with Gasteiger partial charge in [0.1, 0.15) is 0 Å². The van der Waals surface area contributed by atoms with Crippen LogP contribution in [0.1, 0.15) is 61.1 Å². The Balaban J connectivity index is 1.28. The molecule has 0 saturated heterocycles. The van der Waals surface area contributed by atoms with Crippen molar-refractivity contribution in [3.8, 4) is 11.5 Å². The van der Waals surface area contributed by atoms with E-state index in [2.05, 4.69) is 10.6 Å². The molecule has 0 bridgehead atoms. The summed E-state index contributed by atoms with van der Waals surface area (Å²) in [7, 11) is 0. The zero-order valence-corrected chi connectivity index (χ0v) is 18.6. The van der Waals surface area contributed by atoms with E-state index in [0.717, 1.165) is 62.7 Å². The number of phenolic OH excluding ortho intramolecular Hbond substituents is 2. The standard InChI is InChI=1S/C25H36N4O3/c26-22-12-10-21-19(11-13-23(30)24(21)31)20(22)5-3-1-2-4-15-28-16-14-17-6-8-18(9-7-17)29-25(27)32/h6-9,11,13,20,22,28,30-31H,1-5,10,12,14-16,26H2,(H3,27,29,32).